The summed E-state index contributed by atoms with van der Waals surface area (Å²) in [7, 11) is -3.74. The zero-order valence-electron chi connectivity index (χ0n) is 14.5. The number of carbonyl (C=O) groups is 2. The summed E-state index contributed by atoms with van der Waals surface area (Å²) in [5.74, 6) is -1.61. The minimum absolute atomic E-state index is 0.0507. The number of benzene rings is 2. The molecule has 1 amide bonds. The number of nitrogens with one attached hydrogen (secondary N) is 2. The van der Waals surface area contributed by atoms with Gasteiger partial charge in [0.15, 0.2) is 0 Å². The molecule has 0 aromatic heterocycles. The zero-order chi connectivity index (χ0) is 19.4. The number of para-hydroxylation sites is 1. The predicted molar refractivity (Wildman–Crippen MR) is 99.9 cm³/mol. The lowest BCUT2D eigenvalue weighted by atomic mass is 10.1. The standard InChI is InChI=1S/C19H20N2O5S/c22-18(20-16-9-6-14(12-16)19(23)24)13-7-10-17(11-8-13)27(25,26)21-15-4-2-1-3-5-15/h1-5,7-8,10-11,14,16,21H,6,9,12H2,(H,20,22)(H,23,24)/t14-,16+/m0/s1. The highest BCUT2D eigenvalue weighted by molar-refractivity contribution is 7.92. The van der Waals surface area contributed by atoms with E-state index in [1.54, 1.807) is 30.3 Å². The molecule has 3 rings (SSSR count). The van der Waals surface area contributed by atoms with Gasteiger partial charge in [-0.2, -0.15) is 0 Å². The molecule has 0 radical (unpaired) electrons. The lowest BCUT2D eigenvalue weighted by Crippen LogP contribution is -2.33. The van der Waals surface area contributed by atoms with Crippen LogP contribution in [0.5, 0.6) is 0 Å². The van der Waals surface area contributed by atoms with Gasteiger partial charge in [0.05, 0.1) is 10.8 Å². The Hall–Kier alpha value is -2.87. The zero-order valence-corrected chi connectivity index (χ0v) is 15.3. The molecule has 0 heterocycles. The van der Waals surface area contributed by atoms with Gasteiger partial charge in [-0.05, 0) is 55.7 Å². The van der Waals surface area contributed by atoms with Crippen molar-refractivity contribution >= 4 is 27.6 Å². The van der Waals surface area contributed by atoms with Crippen LogP contribution in [-0.4, -0.2) is 31.4 Å². The van der Waals surface area contributed by atoms with Crippen LogP contribution in [-0.2, 0) is 14.8 Å². The Bertz CT molecular complexity index is 926. The van der Waals surface area contributed by atoms with Gasteiger partial charge in [0.2, 0.25) is 0 Å². The summed E-state index contributed by atoms with van der Waals surface area (Å²) in [5.41, 5.74) is 0.779. The molecule has 2 aromatic carbocycles. The van der Waals surface area contributed by atoms with Crippen LogP contribution in [0.1, 0.15) is 29.6 Å². The quantitative estimate of drug-likeness (QED) is 0.704. The van der Waals surface area contributed by atoms with Crippen molar-refractivity contribution in [3.63, 3.8) is 0 Å². The second-order valence-electron chi connectivity index (χ2n) is 6.51. The molecule has 0 saturated heterocycles. The van der Waals surface area contributed by atoms with E-state index in [9.17, 15) is 18.0 Å². The molecule has 0 aliphatic heterocycles. The summed E-state index contributed by atoms with van der Waals surface area (Å²) < 4.78 is 27.3. The summed E-state index contributed by atoms with van der Waals surface area (Å²) in [4.78, 5) is 23.3. The lowest BCUT2D eigenvalue weighted by Gasteiger charge is -2.13. The largest absolute Gasteiger partial charge is 0.481 e. The molecule has 3 N–H and O–H groups in total. The molecule has 1 aliphatic carbocycles. The number of carboxylic acids is 1. The van der Waals surface area contributed by atoms with Crippen molar-refractivity contribution in [1.29, 1.82) is 0 Å². The third-order valence-electron chi connectivity index (χ3n) is 4.57. The van der Waals surface area contributed by atoms with Gasteiger partial charge in [0.25, 0.3) is 15.9 Å². The van der Waals surface area contributed by atoms with Crippen LogP contribution in [0, 0.1) is 5.92 Å². The molecule has 1 aliphatic rings. The van der Waals surface area contributed by atoms with E-state index in [1.165, 1.54) is 24.3 Å². The summed E-state index contributed by atoms with van der Waals surface area (Å²) in [6, 6.07) is 14.0. The maximum Gasteiger partial charge on any atom is 0.306 e. The predicted octanol–water partition coefficient (Wildman–Crippen LogP) is 2.47. The SMILES string of the molecule is O=C(N[C@@H]1CC[C@H](C(=O)O)C1)c1ccc(S(=O)(=O)Nc2ccccc2)cc1. The van der Waals surface area contributed by atoms with Crippen molar-refractivity contribution in [3.05, 3.63) is 60.2 Å². The summed E-state index contributed by atoms with van der Waals surface area (Å²) in [6.45, 7) is 0. The van der Waals surface area contributed by atoms with Crippen LogP contribution in [0.15, 0.2) is 59.5 Å². The molecule has 1 fully saturated rings. The van der Waals surface area contributed by atoms with Gasteiger partial charge in [0, 0.05) is 17.3 Å². The first-order valence-corrected chi connectivity index (χ1v) is 10.0. The van der Waals surface area contributed by atoms with Gasteiger partial charge in [-0.3, -0.25) is 14.3 Å². The van der Waals surface area contributed by atoms with Crippen molar-refractivity contribution in [3.8, 4) is 0 Å². The molecule has 0 spiro atoms. The number of carboxylic acid groups (broad SMARTS) is 1. The Labute approximate surface area is 157 Å². The van der Waals surface area contributed by atoms with Crippen LogP contribution in [0.4, 0.5) is 5.69 Å². The second kappa shape index (κ2) is 7.79. The number of hydrogen-bond donors (Lipinski definition) is 3. The van der Waals surface area contributed by atoms with Crippen LogP contribution in [0.3, 0.4) is 0 Å². The average Bonchev–Trinajstić information content (AvgIpc) is 3.11. The topological polar surface area (TPSA) is 113 Å². The Kier molecular flexibility index (Phi) is 5.46. The van der Waals surface area contributed by atoms with Crippen LogP contribution in [0.25, 0.3) is 0 Å². The first-order valence-electron chi connectivity index (χ1n) is 8.57. The maximum atomic E-state index is 12.4. The summed E-state index contributed by atoms with van der Waals surface area (Å²) >= 11 is 0. The van der Waals surface area contributed by atoms with Crippen molar-refractivity contribution in [2.45, 2.75) is 30.2 Å². The third kappa shape index (κ3) is 4.65. The molecule has 0 bridgehead atoms. The monoisotopic (exact) mass is 388 g/mol. The molecule has 8 heteroatoms. The Morgan fingerprint density at radius 1 is 0.963 bits per heavy atom. The third-order valence-corrected chi connectivity index (χ3v) is 5.97. The minimum atomic E-state index is -3.74. The van der Waals surface area contributed by atoms with Gasteiger partial charge < -0.3 is 10.4 Å². The van der Waals surface area contributed by atoms with E-state index in [4.69, 9.17) is 5.11 Å². The summed E-state index contributed by atoms with van der Waals surface area (Å²) in [6.07, 6.45) is 1.58. The van der Waals surface area contributed by atoms with E-state index < -0.39 is 21.9 Å². The van der Waals surface area contributed by atoms with Crippen molar-refractivity contribution in [1.82, 2.24) is 5.32 Å². The molecular formula is C19H20N2O5S. The average molecular weight is 388 g/mol. The van der Waals surface area contributed by atoms with E-state index in [0.717, 1.165) is 0 Å². The Balaban J connectivity index is 1.64. The number of amides is 1. The smallest absolute Gasteiger partial charge is 0.306 e. The number of hydrogen-bond acceptors (Lipinski definition) is 4. The maximum absolute atomic E-state index is 12.4. The number of sulfonamides is 1. The van der Waals surface area contributed by atoms with Crippen LogP contribution < -0.4 is 10.0 Å². The van der Waals surface area contributed by atoms with Crippen LogP contribution in [0.2, 0.25) is 0 Å². The first kappa shape index (κ1) is 18.9. The fourth-order valence-corrected chi connectivity index (χ4v) is 4.17. The fraction of sp³-hybridized carbons (Fsp3) is 0.263. The molecule has 7 nitrogen and oxygen atoms in total. The summed E-state index contributed by atoms with van der Waals surface area (Å²) in [5, 5.41) is 11.8. The van der Waals surface area contributed by atoms with E-state index in [-0.39, 0.29) is 16.8 Å². The van der Waals surface area contributed by atoms with Gasteiger partial charge in [-0.1, -0.05) is 18.2 Å². The fourth-order valence-electron chi connectivity index (χ4n) is 3.11. The molecule has 27 heavy (non-hydrogen) atoms. The van der Waals surface area contributed by atoms with E-state index >= 15 is 0 Å². The first-order chi connectivity index (χ1) is 12.8. The minimum Gasteiger partial charge on any atom is -0.481 e. The highest BCUT2D eigenvalue weighted by Gasteiger charge is 2.30. The number of carbonyl (C=O) groups excluding carboxylic acids is 1. The number of anilines is 1. The molecular weight excluding hydrogens is 368 g/mol. The van der Waals surface area contributed by atoms with Crippen molar-refractivity contribution in [2.24, 2.45) is 5.92 Å². The van der Waals surface area contributed by atoms with Gasteiger partial charge in [0.1, 0.15) is 0 Å². The van der Waals surface area contributed by atoms with Gasteiger partial charge >= 0.3 is 5.97 Å². The van der Waals surface area contributed by atoms with E-state index in [0.29, 0.717) is 30.5 Å². The Morgan fingerprint density at radius 3 is 2.22 bits per heavy atom. The molecule has 0 unspecified atom stereocenters. The van der Waals surface area contributed by atoms with Crippen molar-refractivity contribution < 1.29 is 23.1 Å². The van der Waals surface area contributed by atoms with Gasteiger partial charge in [-0.15, -0.1) is 0 Å². The van der Waals surface area contributed by atoms with Crippen molar-refractivity contribution in [2.75, 3.05) is 4.72 Å². The number of aliphatic carboxylic acids is 1. The highest BCUT2D eigenvalue weighted by atomic mass is 32.2. The lowest BCUT2D eigenvalue weighted by molar-refractivity contribution is -0.141. The molecule has 142 valence electrons. The highest BCUT2D eigenvalue weighted by Crippen LogP contribution is 2.26. The second-order valence-corrected chi connectivity index (χ2v) is 8.20. The number of rotatable bonds is 6. The molecule has 1 saturated carbocycles. The molecule has 2 atom stereocenters. The van der Waals surface area contributed by atoms with Gasteiger partial charge in [-0.25, -0.2) is 8.42 Å². The molecule has 2 aromatic rings. The van der Waals surface area contributed by atoms with E-state index in [2.05, 4.69) is 10.0 Å². The van der Waals surface area contributed by atoms with Crippen LogP contribution >= 0.6 is 0 Å². The Morgan fingerprint density at radius 2 is 1.63 bits per heavy atom. The van der Waals surface area contributed by atoms with E-state index in [1.807, 2.05) is 0 Å². The normalized spacial score (nSPS) is 19.4.